The Bertz CT molecular complexity index is 533. The molecule has 0 bridgehead atoms. The lowest BCUT2D eigenvalue weighted by Crippen LogP contribution is -2.37. The van der Waals surface area contributed by atoms with Crippen LogP contribution in [0.1, 0.15) is 27.2 Å². The first-order valence-electron chi connectivity index (χ1n) is 5.98. The number of hydrazine groups is 1. The molecule has 0 aliphatic rings. The van der Waals surface area contributed by atoms with Gasteiger partial charge in [0.15, 0.2) is 5.82 Å². The highest BCUT2D eigenvalue weighted by atomic mass is 35.5. The maximum atomic E-state index is 12.5. The summed E-state index contributed by atoms with van der Waals surface area (Å²) >= 11 is 5.91. The van der Waals surface area contributed by atoms with Crippen molar-refractivity contribution in [2.24, 2.45) is 5.84 Å². The van der Waals surface area contributed by atoms with Crippen molar-refractivity contribution in [1.29, 1.82) is 0 Å². The molecular formula is C11H19ClN4O2S. The van der Waals surface area contributed by atoms with Crippen LogP contribution in [0.15, 0.2) is 17.2 Å². The lowest BCUT2D eigenvalue weighted by Gasteiger charge is -2.25. The first-order chi connectivity index (χ1) is 8.84. The van der Waals surface area contributed by atoms with Gasteiger partial charge in [-0.3, -0.25) is 0 Å². The summed E-state index contributed by atoms with van der Waals surface area (Å²) in [6.45, 7) is 6.04. The maximum absolute atomic E-state index is 12.5. The van der Waals surface area contributed by atoms with Gasteiger partial charge in [0, 0.05) is 18.8 Å². The highest BCUT2D eigenvalue weighted by molar-refractivity contribution is 7.89. The average molecular weight is 307 g/mol. The van der Waals surface area contributed by atoms with Gasteiger partial charge in [-0.25, -0.2) is 19.2 Å². The lowest BCUT2D eigenvalue weighted by molar-refractivity contribution is 0.354. The molecule has 0 radical (unpaired) electrons. The van der Waals surface area contributed by atoms with E-state index in [1.807, 2.05) is 20.8 Å². The molecule has 0 aliphatic heterocycles. The van der Waals surface area contributed by atoms with Crippen molar-refractivity contribution in [3.8, 4) is 0 Å². The van der Waals surface area contributed by atoms with Crippen LogP contribution in [0.5, 0.6) is 0 Å². The van der Waals surface area contributed by atoms with Crippen molar-refractivity contribution in [3.63, 3.8) is 0 Å². The summed E-state index contributed by atoms with van der Waals surface area (Å²) in [6.07, 6.45) is 1.99. The van der Waals surface area contributed by atoms with Crippen LogP contribution in [-0.4, -0.2) is 30.3 Å². The smallest absolute Gasteiger partial charge is 0.244 e. The van der Waals surface area contributed by atoms with Crippen LogP contribution in [0, 0.1) is 0 Å². The Labute approximate surface area is 119 Å². The molecule has 0 aromatic carbocycles. The number of rotatable bonds is 6. The number of hydrogen-bond acceptors (Lipinski definition) is 5. The maximum Gasteiger partial charge on any atom is 0.244 e. The Kier molecular flexibility index (Phi) is 5.54. The number of nitrogen functional groups attached to an aromatic ring is 1. The number of halogens is 1. The van der Waals surface area contributed by atoms with E-state index in [2.05, 4.69) is 10.4 Å². The molecule has 1 heterocycles. The van der Waals surface area contributed by atoms with E-state index in [4.69, 9.17) is 17.4 Å². The predicted molar refractivity (Wildman–Crippen MR) is 76.4 cm³/mol. The normalized spacial score (nSPS) is 12.2. The van der Waals surface area contributed by atoms with E-state index < -0.39 is 10.0 Å². The average Bonchev–Trinajstić information content (AvgIpc) is 2.35. The van der Waals surface area contributed by atoms with Crippen LogP contribution in [0.3, 0.4) is 0 Å². The van der Waals surface area contributed by atoms with E-state index in [1.54, 1.807) is 0 Å². The molecule has 0 saturated heterocycles. The van der Waals surface area contributed by atoms with Crippen molar-refractivity contribution in [2.75, 3.05) is 12.0 Å². The molecule has 0 atom stereocenters. The van der Waals surface area contributed by atoms with Gasteiger partial charge in [-0.05, 0) is 26.3 Å². The summed E-state index contributed by atoms with van der Waals surface area (Å²) in [7, 11) is -3.59. The van der Waals surface area contributed by atoms with E-state index in [-0.39, 0.29) is 21.8 Å². The van der Waals surface area contributed by atoms with Gasteiger partial charge in [-0.15, -0.1) is 0 Å². The van der Waals surface area contributed by atoms with E-state index in [1.165, 1.54) is 16.6 Å². The number of anilines is 1. The van der Waals surface area contributed by atoms with Crippen molar-refractivity contribution >= 4 is 27.4 Å². The van der Waals surface area contributed by atoms with Gasteiger partial charge in [0.1, 0.15) is 4.90 Å². The molecule has 0 amide bonds. The molecule has 0 saturated carbocycles. The second-order valence-electron chi connectivity index (χ2n) is 4.36. The zero-order valence-electron chi connectivity index (χ0n) is 11.2. The largest absolute Gasteiger partial charge is 0.307 e. The Hall–Kier alpha value is -0.890. The topological polar surface area (TPSA) is 88.3 Å². The van der Waals surface area contributed by atoms with E-state index in [0.29, 0.717) is 6.54 Å². The first-order valence-corrected chi connectivity index (χ1v) is 7.80. The fourth-order valence-corrected chi connectivity index (χ4v) is 3.67. The summed E-state index contributed by atoms with van der Waals surface area (Å²) in [6, 6.07) is 1.22. The van der Waals surface area contributed by atoms with Gasteiger partial charge in [0.2, 0.25) is 10.0 Å². The second-order valence-corrected chi connectivity index (χ2v) is 6.65. The number of hydrogen-bond donors (Lipinski definition) is 2. The number of pyridine rings is 1. The highest BCUT2D eigenvalue weighted by Gasteiger charge is 2.27. The van der Waals surface area contributed by atoms with Gasteiger partial charge < -0.3 is 5.43 Å². The minimum Gasteiger partial charge on any atom is -0.307 e. The van der Waals surface area contributed by atoms with Crippen LogP contribution < -0.4 is 11.3 Å². The number of nitrogens with one attached hydrogen (secondary N) is 1. The van der Waals surface area contributed by atoms with Gasteiger partial charge in [-0.2, -0.15) is 4.31 Å². The zero-order chi connectivity index (χ0) is 14.6. The number of sulfonamides is 1. The fraction of sp³-hybridized carbons (Fsp3) is 0.545. The fourth-order valence-electron chi connectivity index (χ4n) is 1.68. The van der Waals surface area contributed by atoms with E-state index in [0.717, 1.165) is 6.42 Å². The molecule has 0 unspecified atom stereocenters. The van der Waals surface area contributed by atoms with Crippen molar-refractivity contribution in [3.05, 3.63) is 17.3 Å². The standard InChI is InChI=1S/C11H19ClN4O2S/c1-4-5-16(8(2)3)19(17,18)9-6-10(12)11(15-13)14-7-9/h6-8H,4-5,13H2,1-3H3,(H,14,15). The number of aromatic nitrogens is 1. The van der Waals surface area contributed by atoms with E-state index >= 15 is 0 Å². The van der Waals surface area contributed by atoms with Gasteiger partial charge >= 0.3 is 0 Å². The monoisotopic (exact) mass is 306 g/mol. The van der Waals surface area contributed by atoms with Gasteiger partial charge in [0.25, 0.3) is 0 Å². The molecule has 6 nitrogen and oxygen atoms in total. The molecule has 108 valence electrons. The molecule has 0 aliphatic carbocycles. The molecular weight excluding hydrogens is 288 g/mol. The molecule has 19 heavy (non-hydrogen) atoms. The van der Waals surface area contributed by atoms with Gasteiger partial charge in [-0.1, -0.05) is 18.5 Å². The molecule has 3 N–H and O–H groups in total. The van der Waals surface area contributed by atoms with Crippen LogP contribution in [0.4, 0.5) is 5.82 Å². The lowest BCUT2D eigenvalue weighted by atomic mass is 10.4. The Morgan fingerprint density at radius 3 is 2.58 bits per heavy atom. The molecule has 1 aromatic rings. The van der Waals surface area contributed by atoms with Crippen LogP contribution in [0.25, 0.3) is 0 Å². The third-order valence-corrected chi connectivity index (χ3v) is 4.91. The zero-order valence-corrected chi connectivity index (χ0v) is 12.8. The SMILES string of the molecule is CCCN(C(C)C)S(=O)(=O)c1cnc(NN)c(Cl)c1. The van der Waals surface area contributed by atoms with Crippen LogP contribution in [0.2, 0.25) is 5.02 Å². The molecule has 1 rings (SSSR count). The summed E-state index contributed by atoms with van der Waals surface area (Å²) in [5, 5.41) is 0.170. The molecule has 8 heteroatoms. The molecule has 0 fully saturated rings. The predicted octanol–water partition coefficient (Wildman–Crippen LogP) is 1.83. The first kappa shape index (κ1) is 16.2. The minimum absolute atomic E-state index is 0.0682. The Morgan fingerprint density at radius 1 is 1.53 bits per heavy atom. The number of nitrogens with zero attached hydrogens (tertiary/aromatic N) is 2. The minimum atomic E-state index is -3.59. The summed E-state index contributed by atoms with van der Waals surface area (Å²) in [5.74, 6) is 5.45. The summed E-state index contributed by atoms with van der Waals surface area (Å²) < 4.78 is 26.4. The van der Waals surface area contributed by atoms with Crippen LogP contribution in [-0.2, 0) is 10.0 Å². The van der Waals surface area contributed by atoms with Crippen LogP contribution >= 0.6 is 11.6 Å². The Balaban J connectivity index is 3.22. The third-order valence-electron chi connectivity index (χ3n) is 2.58. The molecule has 1 aromatic heterocycles. The second kappa shape index (κ2) is 6.51. The summed E-state index contributed by atoms with van der Waals surface area (Å²) in [4.78, 5) is 3.96. The van der Waals surface area contributed by atoms with Crippen molar-refractivity contribution < 1.29 is 8.42 Å². The molecule has 0 spiro atoms. The number of nitrogens with two attached hydrogens (primary N) is 1. The quantitative estimate of drug-likeness (QED) is 0.618. The van der Waals surface area contributed by atoms with Gasteiger partial charge in [0.05, 0.1) is 5.02 Å². The van der Waals surface area contributed by atoms with Crippen molar-refractivity contribution in [1.82, 2.24) is 9.29 Å². The Morgan fingerprint density at radius 2 is 2.16 bits per heavy atom. The highest BCUT2D eigenvalue weighted by Crippen LogP contribution is 2.24. The summed E-state index contributed by atoms with van der Waals surface area (Å²) in [5.41, 5.74) is 2.30. The van der Waals surface area contributed by atoms with E-state index in [9.17, 15) is 8.42 Å². The third kappa shape index (κ3) is 3.56. The van der Waals surface area contributed by atoms with Crippen molar-refractivity contribution in [2.45, 2.75) is 38.1 Å².